The number of ether oxygens (including phenoxy) is 5. The summed E-state index contributed by atoms with van der Waals surface area (Å²) in [6.07, 6.45) is -6.43. The summed E-state index contributed by atoms with van der Waals surface area (Å²) in [7, 11) is 1.45. The van der Waals surface area contributed by atoms with Gasteiger partial charge >= 0.3 is 0 Å². The van der Waals surface area contributed by atoms with E-state index < -0.39 is 55.3 Å². The van der Waals surface area contributed by atoms with Gasteiger partial charge in [0.2, 0.25) is 0 Å². The van der Waals surface area contributed by atoms with Crippen LogP contribution in [0.3, 0.4) is 0 Å². The minimum Gasteiger partial charge on any atom is -0.394 e. The molecule has 3 aliphatic heterocycles. The lowest BCUT2D eigenvalue weighted by molar-refractivity contribution is -0.255. The summed E-state index contributed by atoms with van der Waals surface area (Å²) in [5, 5.41) is 38.8. The van der Waals surface area contributed by atoms with Crippen LogP contribution in [0.2, 0.25) is 0 Å². The summed E-state index contributed by atoms with van der Waals surface area (Å²) < 4.78 is 26.4. The van der Waals surface area contributed by atoms with Crippen LogP contribution in [-0.4, -0.2) is 96.1 Å². The van der Waals surface area contributed by atoms with Gasteiger partial charge in [0.15, 0.2) is 12.6 Å². The molecule has 3 heterocycles. The Morgan fingerprint density at radius 2 is 1.95 bits per heavy atom. The molecule has 3 saturated heterocycles. The summed E-state index contributed by atoms with van der Waals surface area (Å²) in [5.74, 6) is 0. The highest BCUT2D eigenvalue weighted by Gasteiger charge is 2.64. The van der Waals surface area contributed by atoms with Crippen molar-refractivity contribution in [2.24, 2.45) is 0 Å². The van der Waals surface area contributed by atoms with Crippen molar-refractivity contribution in [3.05, 3.63) is 0 Å². The van der Waals surface area contributed by atoms with Crippen molar-refractivity contribution in [2.75, 3.05) is 26.9 Å². The average Bonchev–Trinajstić information content (AvgIpc) is 2.84. The fourth-order valence-electron chi connectivity index (χ4n) is 2.84. The van der Waals surface area contributed by atoms with Crippen LogP contribution in [0.5, 0.6) is 0 Å². The third kappa shape index (κ3) is 2.38. The first-order valence-electron chi connectivity index (χ1n) is 6.77. The van der Waals surface area contributed by atoms with Gasteiger partial charge in [-0.2, -0.15) is 0 Å². The first-order valence-corrected chi connectivity index (χ1v) is 6.77. The van der Waals surface area contributed by atoms with Gasteiger partial charge in [0.1, 0.15) is 36.1 Å². The van der Waals surface area contributed by atoms with Crippen molar-refractivity contribution in [2.45, 2.75) is 48.7 Å². The van der Waals surface area contributed by atoms with E-state index in [4.69, 9.17) is 28.8 Å². The third-order valence-electron chi connectivity index (χ3n) is 4.23. The molecule has 8 atom stereocenters. The van der Waals surface area contributed by atoms with Gasteiger partial charge in [-0.1, -0.05) is 0 Å². The van der Waals surface area contributed by atoms with E-state index in [1.54, 1.807) is 0 Å². The van der Waals surface area contributed by atoms with Crippen molar-refractivity contribution >= 4 is 0 Å². The highest BCUT2D eigenvalue weighted by molar-refractivity contribution is 5.08. The summed E-state index contributed by atoms with van der Waals surface area (Å²) in [6.45, 7) is -0.381. The molecule has 0 saturated carbocycles. The van der Waals surface area contributed by atoms with E-state index in [0.29, 0.717) is 0 Å². The third-order valence-corrected chi connectivity index (χ3v) is 4.23. The highest BCUT2D eigenvalue weighted by atomic mass is 16.8. The quantitative estimate of drug-likeness (QED) is 0.418. The fourth-order valence-corrected chi connectivity index (χ4v) is 2.84. The monoisotopic (exact) mass is 308 g/mol. The minimum absolute atomic E-state index is 0.0667. The standard InChI is InChI=1S/C12H20O9/c1-17-11-9-12(16,4-19-9)6(21-11)3-18-10-8(15)7(14)5(2-13)20-10/h5-11,13-16H,2-4H2,1H3/t5-,6-,7-,8+,9-,10+,11+,12+/m1/s1. The Hall–Kier alpha value is -0.360. The molecular weight excluding hydrogens is 288 g/mol. The molecule has 9 heteroatoms. The molecule has 0 spiro atoms. The number of aliphatic hydroxyl groups is 4. The van der Waals surface area contributed by atoms with Gasteiger partial charge in [-0.25, -0.2) is 0 Å². The second-order valence-corrected chi connectivity index (χ2v) is 5.49. The van der Waals surface area contributed by atoms with Crippen molar-refractivity contribution in [3.63, 3.8) is 0 Å². The highest BCUT2D eigenvalue weighted by Crippen LogP contribution is 2.41. The number of hydrogen-bond acceptors (Lipinski definition) is 9. The fraction of sp³-hybridized carbons (Fsp3) is 1.00. The average molecular weight is 308 g/mol. The molecule has 0 aromatic heterocycles. The Labute approximate surface area is 120 Å². The van der Waals surface area contributed by atoms with Crippen LogP contribution in [-0.2, 0) is 23.7 Å². The minimum atomic E-state index is -1.27. The maximum Gasteiger partial charge on any atom is 0.186 e. The van der Waals surface area contributed by atoms with Crippen molar-refractivity contribution in [3.8, 4) is 0 Å². The van der Waals surface area contributed by atoms with E-state index in [1.165, 1.54) is 7.11 Å². The van der Waals surface area contributed by atoms with E-state index >= 15 is 0 Å². The lowest BCUT2D eigenvalue weighted by atomic mass is 9.89. The molecule has 0 amide bonds. The molecule has 3 aliphatic rings. The van der Waals surface area contributed by atoms with E-state index in [9.17, 15) is 15.3 Å². The molecular formula is C12H20O9. The van der Waals surface area contributed by atoms with Crippen LogP contribution in [0.4, 0.5) is 0 Å². The maximum absolute atomic E-state index is 10.4. The normalized spacial score (nSPS) is 52.7. The summed E-state index contributed by atoms with van der Waals surface area (Å²) >= 11 is 0. The van der Waals surface area contributed by atoms with Crippen molar-refractivity contribution in [1.29, 1.82) is 0 Å². The Bertz CT molecular complexity index is 380. The van der Waals surface area contributed by atoms with E-state index in [1.807, 2.05) is 0 Å². The number of rotatable bonds is 5. The largest absolute Gasteiger partial charge is 0.394 e. The molecule has 0 aromatic carbocycles. The Morgan fingerprint density at radius 3 is 2.43 bits per heavy atom. The van der Waals surface area contributed by atoms with Gasteiger partial charge < -0.3 is 44.1 Å². The van der Waals surface area contributed by atoms with Gasteiger partial charge in [0.25, 0.3) is 0 Å². The lowest BCUT2D eigenvalue weighted by Gasteiger charge is -2.42. The number of hydrogen-bond donors (Lipinski definition) is 4. The Morgan fingerprint density at radius 1 is 1.19 bits per heavy atom. The van der Waals surface area contributed by atoms with Gasteiger partial charge in [-0.05, 0) is 0 Å². The molecule has 9 nitrogen and oxygen atoms in total. The van der Waals surface area contributed by atoms with Crippen LogP contribution in [0.1, 0.15) is 0 Å². The molecule has 21 heavy (non-hydrogen) atoms. The molecule has 122 valence electrons. The molecule has 0 radical (unpaired) electrons. The van der Waals surface area contributed by atoms with Gasteiger partial charge in [0, 0.05) is 7.11 Å². The predicted octanol–water partition coefficient (Wildman–Crippen LogP) is -3.06. The van der Waals surface area contributed by atoms with Crippen LogP contribution in [0.25, 0.3) is 0 Å². The predicted molar refractivity (Wildman–Crippen MR) is 64.1 cm³/mol. The molecule has 3 rings (SSSR count). The van der Waals surface area contributed by atoms with Gasteiger partial charge in [0.05, 0.1) is 19.8 Å². The molecule has 0 unspecified atom stereocenters. The molecule has 4 N–H and O–H groups in total. The Balaban J connectivity index is 1.56. The summed E-state index contributed by atoms with van der Waals surface area (Å²) in [4.78, 5) is 0. The second-order valence-electron chi connectivity index (χ2n) is 5.49. The second kappa shape index (κ2) is 5.69. The number of aliphatic hydroxyl groups excluding tert-OH is 3. The zero-order valence-corrected chi connectivity index (χ0v) is 11.5. The van der Waals surface area contributed by atoms with Crippen LogP contribution in [0.15, 0.2) is 0 Å². The SMILES string of the molecule is CO[C@H]1O[C@H](CO[C@H]2O[C@H](CO)[C@@H](O)[C@@H]2O)[C@@]2(O)CO[C@H]12. The van der Waals surface area contributed by atoms with Crippen LogP contribution in [0, 0.1) is 0 Å². The number of fused-ring (bicyclic) bond motifs is 1. The van der Waals surface area contributed by atoms with E-state index in [0.717, 1.165) is 0 Å². The van der Waals surface area contributed by atoms with Crippen molar-refractivity contribution in [1.82, 2.24) is 0 Å². The molecule has 0 aliphatic carbocycles. The first-order chi connectivity index (χ1) is 10.0. The van der Waals surface area contributed by atoms with Crippen LogP contribution >= 0.6 is 0 Å². The van der Waals surface area contributed by atoms with E-state index in [2.05, 4.69) is 0 Å². The first kappa shape index (κ1) is 15.5. The summed E-state index contributed by atoms with van der Waals surface area (Å²) in [6, 6.07) is 0. The summed E-state index contributed by atoms with van der Waals surface area (Å²) in [5.41, 5.74) is -1.20. The molecule has 0 aromatic rings. The smallest absolute Gasteiger partial charge is 0.186 e. The maximum atomic E-state index is 10.4. The van der Waals surface area contributed by atoms with Crippen LogP contribution < -0.4 is 0 Å². The van der Waals surface area contributed by atoms with Gasteiger partial charge in [-0.15, -0.1) is 0 Å². The molecule has 0 bridgehead atoms. The zero-order valence-electron chi connectivity index (χ0n) is 11.5. The van der Waals surface area contributed by atoms with E-state index in [-0.39, 0.29) is 13.2 Å². The van der Waals surface area contributed by atoms with Crippen molar-refractivity contribution < 1.29 is 44.1 Å². The molecule has 3 fully saturated rings. The zero-order chi connectivity index (χ0) is 15.2. The number of methoxy groups -OCH3 is 1. The van der Waals surface area contributed by atoms with Gasteiger partial charge in [-0.3, -0.25) is 0 Å². The lowest BCUT2D eigenvalue weighted by Crippen LogP contribution is -2.63. The Kier molecular flexibility index (Phi) is 4.21. The topological polar surface area (TPSA) is 127 Å².